The molecule has 0 spiro atoms. The van der Waals surface area contributed by atoms with Crippen molar-refractivity contribution in [1.82, 2.24) is 0 Å². The molecule has 0 aliphatic carbocycles. The highest BCUT2D eigenvalue weighted by atomic mass is 16.8. The van der Waals surface area contributed by atoms with Crippen molar-refractivity contribution in [2.24, 2.45) is 0 Å². The molecule has 0 radical (unpaired) electrons. The third-order valence-corrected chi connectivity index (χ3v) is 0.523. The first-order valence-corrected chi connectivity index (χ1v) is 2.84. The Balaban J connectivity index is 0. The molecule has 0 atom stereocenters. The van der Waals surface area contributed by atoms with E-state index in [1.54, 1.807) is 0 Å². The molecule has 6 nitrogen and oxygen atoms in total. The fourth-order valence-corrected chi connectivity index (χ4v) is 0.292. The molecule has 1 rings (SSSR count). The standard InChI is InChI=1S/C3H4O3.C2H4.CH2O3/c4-3-5-1-2-6-3;1-2;2-1(3)4/h1-2H2;1-2H2;(H2,2,3,4). The van der Waals surface area contributed by atoms with Crippen LogP contribution in [0.2, 0.25) is 0 Å². The number of carbonyl (C=O) groups is 2. The van der Waals surface area contributed by atoms with E-state index in [2.05, 4.69) is 22.6 Å². The molecule has 0 amide bonds. The molecule has 6 heteroatoms. The van der Waals surface area contributed by atoms with Gasteiger partial charge in [0.05, 0.1) is 0 Å². The summed E-state index contributed by atoms with van der Waals surface area (Å²) in [4.78, 5) is 18.4. The van der Waals surface area contributed by atoms with E-state index < -0.39 is 12.3 Å². The van der Waals surface area contributed by atoms with Crippen LogP contribution < -0.4 is 0 Å². The van der Waals surface area contributed by atoms with Crippen LogP contribution in [-0.2, 0) is 9.47 Å². The van der Waals surface area contributed by atoms with Gasteiger partial charge in [0.15, 0.2) is 0 Å². The van der Waals surface area contributed by atoms with Gasteiger partial charge in [-0.25, -0.2) is 9.59 Å². The lowest BCUT2D eigenvalue weighted by Gasteiger charge is -1.78. The summed E-state index contributed by atoms with van der Waals surface area (Å²) < 4.78 is 8.58. The first-order chi connectivity index (χ1) is 5.63. The number of rotatable bonds is 0. The van der Waals surface area contributed by atoms with Crippen molar-refractivity contribution in [3.05, 3.63) is 13.2 Å². The fourth-order valence-electron chi connectivity index (χ4n) is 0.292. The van der Waals surface area contributed by atoms with E-state index in [1.807, 2.05) is 0 Å². The minimum absolute atomic E-state index is 0.416. The van der Waals surface area contributed by atoms with Crippen LogP contribution in [0.1, 0.15) is 0 Å². The van der Waals surface area contributed by atoms with Crippen molar-refractivity contribution in [3.63, 3.8) is 0 Å². The SMILES string of the molecule is C=C.O=C(O)O.O=C1OCCO1. The molecule has 0 bridgehead atoms. The average molecular weight is 178 g/mol. The van der Waals surface area contributed by atoms with Gasteiger partial charge in [-0.15, -0.1) is 13.2 Å². The summed E-state index contributed by atoms with van der Waals surface area (Å²) in [6, 6.07) is 0. The lowest BCUT2D eigenvalue weighted by atomic mass is 10.8. The van der Waals surface area contributed by atoms with Crippen molar-refractivity contribution in [3.8, 4) is 0 Å². The molecule has 0 aromatic carbocycles. The predicted octanol–water partition coefficient (Wildman–Crippen LogP) is 1.18. The Kier molecular flexibility index (Phi) is 9.99. The summed E-state index contributed by atoms with van der Waals surface area (Å²) in [6.45, 7) is 6.83. The van der Waals surface area contributed by atoms with Gasteiger partial charge >= 0.3 is 12.3 Å². The van der Waals surface area contributed by atoms with E-state index >= 15 is 0 Å². The third kappa shape index (κ3) is 15.7. The predicted molar refractivity (Wildman–Crippen MR) is 39.2 cm³/mol. The van der Waals surface area contributed by atoms with Crippen LogP contribution in [0.3, 0.4) is 0 Å². The van der Waals surface area contributed by atoms with Gasteiger partial charge in [-0.1, -0.05) is 0 Å². The number of hydrogen-bond acceptors (Lipinski definition) is 4. The Bertz CT molecular complexity index is 131. The molecule has 0 unspecified atom stereocenters. The van der Waals surface area contributed by atoms with Crippen LogP contribution in [0.5, 0.6) is 0 Å². The Morgan fingerprint density at radius 1 is 1.25 bits per heavy atom. The van der Waals surface area contributed by atoms with Gasteiger partial charge in [0, 0.05) is 0 Å². The van der Waals surface area contributed by atoms with Crippen molar-refractivity contribution >= 4 is 12.3 Å². The molecule has 1 aliphatic rings. The van der Waals surface area contributed by atoms with Crippen molar-refractivity contribution in [1.29, 1.82) is 0 Å². The molecule has 2 N–H and O–H groups in total. The fraction of sp³-hybridized carbons (Fsp3) is 0.333. The number of carboxylic acid groups (broad SMARTS) is 2. The van der Waals surface area contributed by atoms with E-state index in [4.69, 9.17) is 15.0 Å². The summed E-state index contributed by atoms with van der Waals surface area (Å²) in [5.41, 5.74) is 0. The van der Waals surface area contributed by atoms with Crippen LogP contribution in [0.4, 0.5) is 9.59 Å². The molecule has 1 fully saturated rings. The van der Waals surface area contributed by atoms with Crippen LogP contribution >= 0.6 is 0 Å². The smallest absolute Gasteiger partial charge is 0.450 e. The van der Waals surface area contributed by atoms with Crippen LogP contribution in [0.15, 0.2) is 13.2 Å². The zero-order chi connectivity index (χ0) is 9.98. The van der Waals surface area contributed by atoms with Gasteiger partial charge in [0.2, 0.25) is 0 Å². The minimum atomic E-state index is -1.83. The number of ether oxygens (including phenoxy) is 2. The van der Waals surface area contributed by atoms with E-state index in [9.17, 15) is 4.79 Å². The average Bonchev–Trinajstić information content (AvgIpc) is 2.43. The van der Waals surface area contributed by atoms with Gasteiger partial charge in [-0.2, -0.15) is 0 Å². The maximum atomic E-state index is 9.80. The Hall–Kier alpha value is -1.72. The largest absolute Gasteiger partial charge is 0.508 e. The van der Waals surface area contributed by atoms with Crippen LogP contribution in [0.25, 0.3) is 0 Å². The molecule has 1 heterocycles. The highest BCUT2D eigenvalue weighted by Gasteiger charge is 2.09. The second kappa shape index (κ2) is 9.28. The first kappa shape index (κ1) is 12.9. The molecule has 70 valence electrons. The molecular weight excluding hydrogens is 168 g/mol. The number of carbonyl (C=O) groups excluding carboxylic acids is 1. The van der Waals surface area contributed by atoms with Crippen molar-refractivity contribution in [2.75, 3.05) is 13.2 Å². The van der Waals surface area contributed by atoms with Gasteiger partial charge < -0.3 is 19.7 Å². The quantitative estimate of drug-likeness (QED) is 0.427. The first-order valence-electron chi connectivity index (χ1n) is 2.84. The second-order valence-corrected chi connectivity index (χ2v) is 1.23. The lowest BCUT2D eigenvalue weighted by Crippen LogP contribution is -1.88. The van der Waals surface area contributed by atoms with Gasteiger partial charge in [-0.3, -0.25) is 0 Å². The Labute approximate surface area is 69.0 Å². The summed E-state index contributed by atoms with van der Waals surface area (Å²) in [5, 5.41) is 13.9. The summed E-state index contributed by atoms with van der Waals surface area (Å²) in [6.07, 6.45) is -2.38. The second-order valence-electron chi connectivity index (χ2n) is 1.23. The zero-order valence-corrected chi connectivity index (χ0v) is 6.36. The third-order valence-electron chi connectivity index (χ3n) is 0.523. The Morgan fingerprint density at radius 2 is 1.50 bits per heavy atom. The molecule has 0 aromatic rings. The zero-order valence-electron chi connectivity index (χ0n) is 6.36. The lowest BCUT2D eigenvalue weighted by molar-refractivity contribution is 0.131. The van der Waals surface area contributed by atoms with Gasteiger partial charge in [0.25, 0.3) is 0 Å². The molecule has 12 heavy (non-hydrogen) atoms. The van der Waals surface area contributed by atoms with Crippen molar-refractivity contribution < 1.29 is 29.3 Å². The van der Waals surface area contributed by atoms with Crippen LogP contribution in [0, 0.1) is 0 Å². The summed E-state index contributed by atoms with van der Waals surface area (Å²) >= 11 is 0. The van der Waals surface area contributed by atoms with E-state index in [0.29, 0.717) is 13.2 Å². The van der Waals surface area contributed by atoms with E-state index in [0.717, 1.165) is 0 Å². The number of cyclic esters (lactones) is 2. The van der Waals surface area contributed by atoms with Gasteiger partial charge in [0.1, 0.15) is 13.2 Å². The van der Waals surface area contributed by atoms with E-state index in [-0.39, 0.29) is 0 Å². The summed E-state index contributed by atoms with van der Waals surface area (Å²) in [7, 11) is 0. The Morgan fingerprint density at radius 3 is 1.58 bits per heavy atom. The molecule has 1 aliphatic heterocycles. The van der Waals surface area contributed by atoms with Crippen LogP contribution in [-0.4, -0.2) is 35.7 Å². The highest BCUT2D eigenvalue weighted by Crippen LogP contribution is 1.92. The van der Waals surface area contributed by atoms with Crippen molar-refractivity contribution in [2.45, 2.75) is 0 Å². The summed E-state index contributed by atoms with van der Waals surface area (Å²) in [5.74, 6) is 0. The maximum absolute atomic E-state index is 9.80. The molecule has 0 aromatic heterocycles. The molecule has 1 saturated heterocycles. The van der Waals surface area contributed by atoms with Gasteiger partial charge in [-0.05, 0) is 0 Å². The topological polar surface area (TPSA) is 93.1 Å². The molecular formula is C6H10O6. The maximum Gasteiger partial charge on any atom is 0.508 e. The molecule has 0 saturated carbocycles. The monoisotopic (exact) mass is 178 g/mol. The highest BCUT2D eigenvalue weighted by molar-refractivity contribution is 5.61. The minimum Gasteiger partial charge on any atom is -0.450 e. The van der Waals surface area contributed by atoms with E-state index in [1.165, 1.54) is 0 Å². The number of hydrogen-bond donors (Lipinski definition) is 2. The normalized spacial score (nSPS) is 12.2.